The van der Waals surface area contributed by atoms with Crippen molar-refractivity contribution in [3.63, 3.8) is 0 Å². The van der Waals surface area contributed by atoms with Gasteiger partial charge in [-0.3, -0.25) is 9.59 Å². The van der Waals surface area contributed by atoms with Gasteiger partial charge in [0, 0.05) is 23.1 Å². The number of halogens is 2. The van der Waals surface area contributed by atoms with Gasteiger partial charge in [0.2, 0.25) is 11.8 Å². The minimum atomic E-state index is -0.544. The molecular weight excluding hydrogens is 395 g/mol. The van der Waals surface area contributed by atoms with Crippen LogP contribution in [0.2, 0.25) is 10.0 Å². The molecule has 0 bridgehead atoms. The highest BCUT2D eigenvalue weighted by Crippen LogP contribution is 2.20. The van der Waals surface area contributed by atoms with Gasteiger partial charge >= 0.3 is 0 Å². The summed E-state index contributed by atoms with van der Waals surface area (Å²) in [6.45, 7) is 4.82. The predicted molar refractivity (Wildman–Crippen MR) is 115 cm³/mol. The minimum absolute atomic E-state index is 0.133. The molecule has 0 saturated heterocycles. The third kappa shape index (κ3) is 6.25. The first-order valence-electron chi connectivity index (χ1n) is 9.51. The lowest BCUT2D eigenvalue weighted by Gasteiger charge is -2.31. The fourth-order valence-electron chi connectivity index (χ4n) is 2.98. The summed E-state index contributed by atoms with van der Waals surface area (Å²) in [5.41, 5.74) is 1.66. The molecule has 2 aromatic carbocycles. The van der Waals surface area contributed by atoms with E-state index in [4.69, 9.17) is 23.2 Å². The Morgan fingerprint density at radius 3 is 2.32 bits per heavy atom. The molecule has 2 rings (SSSR count). The monoisotopic (exact) mass is 420 g/mol. The summed E-state index contributed by atoms with van der Waals surface area (Å²) in [7, 11) is 0. The van der Waals surface area contributed by atoms with Crippen LogP contribution in [-0.4, -0.2) is 29.3 Å². The van der Waals surface area contributed by atoms with Crippen LogP contribution in [0.25, 0.3) is 0 Å². The van der Waals surface area contributed by atoms with Crippen LogP contribution in [0, 0.1) is 0 Å². The first kappa shape index (κ1) is 22.3. The zero-order valence-corrected chi connectivity index (χ0v) is 17.8. The molecule has 150 valence electrons. The molecule has 2 amide bonds. The van der Waals surface area contributed by atoms with Crippen molar-refractivity contribution >= 4 is 35.0 Å². The molecule has 0 aliphatic carbocycles. The molecule has 1 atom stereocenters. The standard InChI is InChI=1S/C22H26Cl2N2O2/c1-3-13-25-22(28)20(4-2)26(15-16-9-11-18(23)12-10-16)21(27)14-17-7-5-6-8-19(17)24/h5-12,20H,3-4,13-15H2,1-2H3,(H,25,28). The molecule has 0 aliphatic rings. The molecule has 6 heteroatoms. The molecule has 0 radical (unpaired) electrons. The number of amides is 2. The van der Waals surface area contributed by atoms with E-state index >= 15 is 0 Å². The highest BCUT2D eigenvalue weighted by atomic mass is 35.5. The molecule has 4 nitrogen and oxygen atoms in total. The Morgan fingerprint density at radius 1 is 1.04 bits per heavy atom. The molecule has 0 aromatic heterocycles. The zero-order valence-electron chi connectivity index (χ0n) is 16.3. The first-order valence-corrected chi connectivity index (χ1v) is 10.3. The van der Waals surface area contributed by atoms with Gasteiger partial charge < -0.3 is 10.2 Å². The van der Waals surface area contributed by atoms with E-state index in [-0.39, 0.29) is 18.2 Å². The van der Waals surface area contributed by atoms with Gasteiger partial charge in [-0.25, -0.2) is 0 Å². The number of nitrogens with zero attached hydrogens (tertiary/aromatic N) is 1. The second kappa shape index (κ2) is 11.1. The Labute approximate surface area is 176 Å². The van der Waals surface area contributed by atoms with Gasteiger partial charge in [-0.2, -0.15) is 0 Å². The van der Waals surface area contributed by atoms with Crippen molar-refractivity contribution in [2.45, 2.75) is 45.7 Å². The lowest BCUT2D eigenvalue weighted by Crippen LogP contribution is -2.49. The Balaban J connectivity index is 2.27. The van der Waals surface area contributed by atoms with Gasteiger partial charge in [-0.15, -0.1) is 0 Å². The molecule has 28 heavy (non-hydrogen) atoms. The maximum atomic E-state index is 13.2. The van der Waals surface area contributed by atoms with Crippen LogP contribution in [0.5, 0.6) is 0 Å². The van der Waals surface area contributed by atoms with Gasteiger partial charge in [0.25, 0.3) is 0 Å². The third-order valence-corrected chi connectivity index (χ3v) is 5.12. The summed E-state index contributed by atoms with van der Waals surface area (Å²) in [6.07, 6.45) is 1.51. The van der Waals surface area contributed by atoms with E-state index in [1.54, 1.807) is 23.1 Å². The number of nitrogens with one attached hydrogen (secondary N) is 1. The fraction of sp³-hybridized carbons (Fsp3) is 0.364. The number of hydrogen-bond acceptors (Lipinski definition) is 2. The maximum Gasteiger partial charge on any atom is 0.242 e. The quantitative estimate of drug-likeness (QED) is 0.628. The Morgan fingerprint density at radius 2 is 1.71 bits per heavy atom. The van der Waals surface area contributed by atoms with Crippen LogP contribution < -0.4 is 5.32 Å². The van der Waals surface area contributed by atoms with Gasteiger partial charge in [-0.05, 0) is 42.2 Å². The van der Waals surface area contributed by atoms with E-state index in [0.717, 1.165) is 17.5 Å². The summed E-state index contributed by atoms with van der Waals surface area (Å²) in [4.78, 5) is 27.5. The Bertz CT molecular complexity index is 793. The summed E-state index contributed by atoms with van der Waals surface area (Å²) in [5, 5.41) is 4.09. The summed E-state index contributed by atoms with van der Waals surface area (Å²) >= 11 is 12.2. The van der Waals surface area contributed by atoms with E-state index in [2.05, 4.69) is 5.32 Å². The highest BCUT2D eigenvalue weighted by Gasteiger charge is 2.28. The van der Waals surface area contributed by atoms with Gasteiger partial charge in [0.1, 0.15) is 6.04 Å². The van der Waals surface area contributed by atoms with Crippen molar-refractivity contribution in [1.82, 2.24) is 10.2 Å². The average Bonchev–Trinajstić information content (AvgIpc) is 2.69. The number of carbonyl (C=O) groups excluding carboxylic acids is 2. The van der Waals surface area contributed by atoms with Crippen molar-refractivity contribution in [3.05, 3.63) is 69.7 Å². The zero-order chi connectivity index (χ0) is 20.5. The number of rotatable bonds is 9. The van der Waals surface area contributed by atoms with Crippen LogP contribution in [-0.2, 0) is 22.6 Å². The second-order valence-corrected chi connectivity index (χ2v) is 7.48. The largest absolute Gasteiger partial charge is 0.354 e. The van der Waals surface area contributed by atoms with E-state index in [1.807, 2.05) is 44.2 Å². The van der Waals surface area contributed by atoms with E-state index in [9.17, 15) is 9.59 Å². The molecule has 0 saturated carbocycles. The van der Waals surface area contributed by atoms with Crippen molar-refractivity contribution in [3.8, 4) is 0 Å². The lowest BCUT2D eigenvalue weighted by molar-refractivity contribution is -0.140. The summed E-state index contributed by atoms with van der Waals surface area (Å²) in [6, 6.07) is 14.0. The molecular formula is C22H26Cl2N2O2. The van der Waals surface area contributed by atoms with Crippen LogP contribution in [0.1, 0.15) is 37.8 Å². The molecule has 0 heterocycles. The lowest BCUT2D eigenvalue weighted by atomic mass is 10.1. The van der Waals surface area contributed by atoms with Gasteiger partial charge in [-0.1, -0.05) is 67.4 Å². The summed E-state index contributed by atoms with van der Waals surface area (Å²) < 4.78 is 0. The van der Waals surface area contributed by atoms with E-state index in [1.165, 1.54) is 0 Å². The smallest absolute Gasteiger partial charge is 0.242 e. The van der Waals surface area contributed by atoms with Crippen molar-refractivity contribution in [1.29, 1.82) is 0 Å². The first-order chi connectivity index (χ1) is 13.5. The average molecular weight is 421 g/mol. The van der Waals surface area contributed by atoms with Gasteiger partial charge in [0.15, 0.2) is 0 Å². The third-order valence-electron chi connectivity index (χ3n) is 4.50. The van der Waals surface area contributed by atoms with E-state index < -0.39 is 6.04 Å². The second-order valence-electron chi connectivity index (χ2n) is 6.63. The molecule has 1 unspecified atom stereocenters. The number of benzene rings is 2. The highest BCUT2D eigenvalue weighted by molar-refractivity contribution is 6.31. The number of carbonyl (C=O) groups is 2. The molecule has 2 aromatic rings. The Hall–Kier alpha value is -2.04. The van der Waals surface area contributed by atoms with Crippen LogP contribution >= 0.6 is 23.2 Å². The molecule has 0 spiro atoms. The van der Waals surface area contributed by atoms with Gasteiger partial charge in [0.05, 0.1) is 6.42 Å². The maximum absolute atomic E-state index is 13.2. The van der Waals surface area contributed by atoms with E-state index in [0.29, 0.717) is 29.6 Å². The summed E-state index contributed by atoms with van der Waals surface area (Å²) in [5.74, 6) is -0.271. The normalized spacial score (nSPS) is 11.7. The molecule has 0 aliphatic heterocycles. The Kier molecular flexibility index (Phi) is 8.81. The predicted octanol–water partition coefficient (Wildman–Crippen LogP) is 4.87. The fourth-order valence-corrected chi connectivity index (χ4v) is 3.31. The molecule has 1 N–H and O–H groups in total. The molecule has 0 fully saturated rings. The van der Waals surface area contributed by atoms with Crippen LogP contribution in [0.15, 0.2) is 48.5 Å². The van der Waals surface area contributed by atoms with Crippen molar-refractivity contribution in [2.75, 3.05) is 6.54 Å². The van der Waals surface area contributed by atoms with Crippen molar-refractivity contribution < 1.29 is 9.59 Å². The van der Waals surface area contributed by atoms with Crippen LogP contribution in [0.4, 0.5) is 0 Å². The minimum Gasteiger partial charge on any atom is -0.354 e. The topological polar surface area (TPSA) is 49.4 Å². The van der Waals surface area contributed by atoms with Crippen LogP contribution in [0.3, 0.4) is 0 Å². The van der Waals surface area contributed by atoms with Crippen molar-refractivity contribution in [2.24, 2.45) is 0 Å². The SMILES string of the molecule is CCCNC(=O)C(CC)N(Cc1ccc(Cl)cc1)C(=O)Cc1ccccc1Cl. The number of hydrogen-bond donors (Lipinski definition) is 1.